The van der Waals surface area contributed by atoms with Crippen molar-refractivity contribution in [3.05, 3.63) is 36.3 Å². The van der Waals surface area contributed by atoms with Gasteiger partial charge in [0.15, 0.2) is 0 Å². The lowest BCUT2D eigenvalue weighted by molar-refractivity contribution is -0.130. The Kier molecular flexibility index (Phi) is 7.49. The molecule has 2 N–H and O–H groups in total. The van der Waals surface area contributed by atoms with Gasteiger partial charge in [-0.1, -0.05) is 31.2 Å². The highest BCUT2D eigenvalue weighted by molar-refractivity contribution is 6.62. The van der Waals surface area contributed by atoms with Crippen molar-refractivity contribution in [2.45, 2.75) is 58.8 Å². The highest BCUT2D eigenvalue weighted by atomic mass is 16.7. The maximum atomic E-state index is 12.5. The average Bonchev–Trinajstić information content (AvgIpc) is 3.32. The lowest BCUT2D eigenvalue weighted by atomic mass is 9.79. The minimum absolute atomic E-state index is 0.124. The Labute approximate surface area is 195 Å². The first-order valence-electron chi connectivity index (χ1n) is 11.2. The molecule has 3 rings (SSSR count). The van der Waals surface area contributed by atoms with Crippen LogP contribution in [-0.2, 0) is 25.4 Å². The van der Waals surface area contributed by atoms with Gasteiger partial charge in [-0.15, -0.1) is 0 Å². The molecule has 0 aliphatic carbocycles. The maximum Gasteiger partial charge on any atom is 0.494 e. The van der Waals surface area contributed by atoms with Gasteiger partial charge in [0.2, 0.25) is 5.91 Å². The zero-order valence-electron chi connectivity index (χ0n) is 20.2. The van der Waals surface area contributed by atoms with Crippen LogP contribution in [0.25, 0.3) is 11.3 Å². The topological polar surface area (TPSA) is 106 Å². The van der Waals surface area contributed by atoms with Crippen molar-refractivity contribution in [3.8, 4) is 11.3 Å². The lowest BCUT2D eigenvalue weighted by Crippen LogP contribution is -2.41. The van der Waals surface area contributed by atoms with Crippen LogP contribution < -0.4 is 10.8 Å². The van der Waals surface area contributed by atoms with Crippen LogP contribution in [0.2, 0.25) is 0 Å². The van der Waals surface area contributed by atoms with Crippen LogP contribution >= 0.6 is 0 Å². The quantitative estimate of drug-likeness (QED) is 0.592. The van der Waals surface area contributed by atoms with Crippen LogP contribution in [0.4, 0.5) is 4.79 Å². The molecule has 1 aliphatic heterocycles. The van der Waals surface area contributed by atoms with Crippen molar-refractivity contribution >= 4 is 24.6 Å². The van der Waals surface area contributed by atoms with Crippen LogP contribution in [0.3, 0.4) is 0 Å². The van der Waals surface area contributed by atoms with E-state index >= 15 is 0 Å². The standard InChI is InChI=1S/C23H33BN4O5/c1-7-12-28(20(29)14-26-21(30)31-6)15-19-25-13-18(27-19)16-8-10-17(11-9-16)24-32-22(2,3)23(4,5)33-24/h8-11,13H,7,12,14-15H2,1-6H3,(H,25,27)(H,26,30). The summed E-state index contributed by atoms with van der Waals surface area (Å²) in [5.74, 6) is 0.465. The normalized spacial score (nSPS) is 16.5. The largest absolute Gasteiger partial charge is 0.494 e. The summed E-state index contributed by atoms with van der Waals surface area (Å²) >= 11 is 0. The molecule has 178 valence electrons. The fourth-order valence-electron chi connectivity index (χ4n) is 3.46. The second-order valence-electron chi connectivity index (χ2n) is 9.11. The molecule has 0 spiro atoms. The third-order valence-electron chi connectivity index (χ3n) is 6.13. The van der Waals surface area contributed by atoms with E-state index in [2.05, 4.69) is 20.0 Å². The molecule has 1 saturated heterocycles. The zero-order valence-corrected chi connectivity index (χ0v) is 20.2. The zero-order chi connectivity index (χ0) is 24.2. The van der Waals surface area contributed by atoms with E-state index in [1.54, 1.807) is 11.1 Å². The van der Waals surface area contributed by atoms with Crippen molar-refractivity contribution in [3.63, 3.8) is 0 Å². The highest BCUT2D eigenvalue weighted by Gasteiger charge is 2.51. The number of ether oxygens (including phenoxy) is 1. The maximum absolute atomic E-state index is 12.5. The van der Waals surface area contributed by atoms with Gasteiger partial charge in [0.05, 0.1) is 36.7 Å². The second kappa shape index (κ2) is 9.97. The Morgan fingerprint density at radius 1 is 1.15 bits per heavy atom. The molecule has 1 aromatic carbocycles. The Hall–Kier alpha value is -2.85. The number of benzene rings is 1. The van der Waals surface area contributed by atoms with Gasteiger partial charge in [0, 0.05) is 6.54 Å². The Bertz CT molecular complexity index is 957. The lowest BCUT2D eigenvalue weighted by Gasteiger charge is -2.32. The number of aromatic nitrogens is 2. The number of hydrogen-bond acceptors (Lipinski definition) is 6. The van der Waals surface area contributed by atoms with Crippen molar-refractivity contribution in [2.75, 3.05) is 20.2 Å². The van der Waals surface area contributed by atoms with E-state index in [9.17, 15) is 9.59 Å². The van der Waals surface area contributed by atoms with Gasteiger partial charge in [-0.25, -0.2) is 9.78 Å². The molecule has 0 atom stereocenters. The summed E-state index contributed by atoms with van der Waals surface area (Å²) in [6.07, 6.45) is 1.90. The molecule has 2 aromatic rings. The predicted octanol–water partition coefficient (Wildman–Crippen LogP) is 2.47. The number of alkyl carbamates (subject to hydrolysis) is 1. The van der Waals surface area contributed by atoms with E-state index in [4.69, 9.17) is 9.31 Å². The molecule has 1 aromatic heterocycles. The third-order valence-corrected chi connectivity index (χ3v) is 6.13. The average molecular weight is 456 g/mol. The number of amides is 2. The summed E-state index contributed by atoms with van der Waals surface area (Å²) in [5.41, 5.74) is 2.00. The molecule has 1 aliphatic rings. The molecule has 2 amide bonds. The number of rotatable bonds is 8. The van der Waals surface area contributed by atoms with Gasteiger partial charge in [-0.05, 0) is 45.1 Å². The van der Waals surface area contributed by atoms with Crippen molar-refractivity contribution in [1.29, 1.82) is 0 Å². The number of nitrogens with one attached hydrogen (secondary N) is 2. The fourth-order valence-corrected chi connectivity index (χ4v) is 3.46. The number of H-pyrrole nitrogens is 1. The van der Waals surface area contributed by atoms with Crippen molar-refractivity contribution in [1.82, 2.24) is 20.2 Å². The molecule has 0 bridgehead atoms. The highest BCUT2D eigenvalue weighted by Crippen LogP contribution is 2.36. The summed E-state index contributed by atoms with van der Waals surface area (Å²) in [5, 5.41) is 2.42. The van der Waals surface area contributed by atoms with Gasteiger partial charge < -0.3 is 29.2 Å². The molecule has 0 radical (unpaired) electrons. The number of imidazole rings is 1. The summed E-state index contributed by atoms with van der Waals surface area (Å²) in [4.78, 5) is 33.1. The monoisotopic (exact) mass is 456 g/mol. The fraction of sp³-hybridized carbons (Fsp3) is 0.522. The molecule has 2 heterocycles. The van der Waals surface area contributed by atoms with Crippen LogP contribution in [0, 0.1) is 0 Å². The summed E-state index contributed by atoms with van der Waals surface area (Å²) in [6.45, 7) is 10.9. The number of carbonyl (C=O) groups excluding carboxylic acids is 2. The van der Waals surface area contributed by atoms with Crippen LogP contribution in [0.1, 0.15) is 46.9 Å². The van der Waals surface area contributed by atoms with Crippen LogP contribution in [0.15, 0.2) is 30.5 Å². The van der Waals surface area contributed by atoms with E-state index in [1.165, 1.54) is 7.11 Å². The molecular weight excluding hydrogens is 423 g/mol. The minimum Gasteiger partial charge on any atom is -0.453 e. The Morgan fingerprint density at radius 3 is 2.36 bits per heavy atom. The van der Waals surface area contributed by atoms with E-state index < -0.39 is 13.2 Å². The van der Waals surface area contributed by atoms with E-state index in [-0.39, 0.29) is 23.7 Å². The number of hydrogen-bond donors (Lipinski definition) is 2. The predicted molar refractivity (Wildman–Crippen MR) is 126 cm³/mol. The molecule has 1 fully saturated rings. The summed E-state index contributed by atoms with van der Waals surface area (Å²) < 4.78 is 16.8. The summed E-state index contributed by atoms with van der Waals surface area (Å²) in [7, 11) is 0.851. The molecule has 9 nitrogen and oxygen atoms in total. The van der Waals surface area contributed by atoms with E-state index in [0.29, 0.717) is 18.9 Å². The Balaban J connectivity index is 1.65. The number of nitrogens with zero attached hydrogens (tertiary/aromatic N) is 2. The first-order valence-corrected chi connectivity index (χ1v) is 11.2. The van der Waals surface area contributed by atoms with Gasteiger partial charge >= 0.3 is 13.2 Å². The van der Waals surface area contributed by atoms with Gasteiger partial charge in [-0.3, -0.25) is 4.79 Å². The molecular formula is C23H33BN4O5. The smallest absolute Gasteiger partial charge is 0.453 e. The first-order chi connectivity index (χ1) is 15.6. The molecule has 0 unspecified atom stereocenters. The van der Waals surface area contributed by atoms with E-state index in [1.807, 2.05) is 58.9 Å². The van der Waals surface area contributed by atoms with Crippen molar-refractivity contribution in [2.24, 2.45) is 0 Å². The number of aromatic amines is 1. The molecule has 10 heteroatoms. The van der Waals surface area contributed by atoms with Gasteiger partial charge in [0.1, 0.15) is 12.4 Å². The van der Waals surface area contributed by atoms with Gasteiger partial charge in [-0.2, -0.15) is 0 Å². The number of methoxy groups -OCH3 is 1. The Morgan fingerprint density at radius 2 is 1.79 bits per heavy atom. The van der Waals surface area contributed by atoms with Crippen LogP contribution in [-0.4, -0.2) is 65.4 Å². The third kappa shape index (κ3) is 5.75. The number of carbonyl (C=O) groups is 2. The summed E-state index contributed by atoms with van der Waals surface area (Å²) in [6, 6.07) is 7.96. The first kappa shape index (κ1) is 24.8. The molecule has 33 heavy (non-hydrogen) atoms. The van der Waals surface area contributed by atoms with Crippen LogP contribution in [0.5, 0.6) is 0 Å². The minimum atomic E-state index is -0.635. The van der Waals surface area contributed by atoms with Gasteiger partial charge in [0.25, 0.3) is 0 Å². The van der Waals surface area contributed by atoms with E-state index in [0.717, 1.165) is 23.1 Å². The van der Waals surface area contributed by atoms with Crippen molar-refractivity contribution < 1.29 is 23.6 Å². The molecule has 0 saturated carbocycles. The second-order valence-corrected chi connectivity index (χ2v) is 9.11. The SMILES string of the molecule is CCCN(Cc1ncc(-c2ccc(B3OC(C)(C)C(C)(C)O3)cc2)[nH]1)C(=O)CNC(=O)OC.